The maximum Gasteiger partial charge on any atom is 0.269 e. The lowest BCUT2D eigenvalue weighted by atomic mass is 10.3. The summed E-state index contributed by atoms with van der Waals surface area (Å²) in [4.78, 5) is 36.5. The second-order valence-electron chi connectivity index (χ2n) is 6.08. The summed E-state index contributed by atoms with van der Waals surface area (Å²) in [6.07, 6.45) is 0. The van der Waals surface area contributed by atoms with E-state index in [-0.39, 0.29) is 11.8 Å². The molecule has 2 amide bonds. The average Bonchev–Trinajstić information content (AvgIpc) is 3.46. The van der Waals surface area contributed by atoms with Crippen molar-refractivity contribution < 1.29 is 9.59 Å². The lowest BCUT2D eigenvalue weighted by molar-refractivity contribution is -0.119. The molecule has 4 heterocycles. The molecule has 0 aliphatic rings. The number of aromatic nitrogens is 2. The molecule has 0 saturated heterocycles. The van der Waals surface area contributed by atoms with Crippen molar-refractivity contribution in [1.29, 1.82) is 0 Å². The van der Waals surface area contributed by atoms with E-state index >= 15 is 0 Å². The van der Waals surface area contributed by atoms with Gasteiger partial charge in [-0.2, -0.15) is 0 Å². The van der Waals surface area contributed by atoms with E-state index in [1.807, 2.05) is 41.9 Å². The Kier molecular flexibility index (Phi) is 5.86. The normalized spacial score (nSPS) is 10.8. The predicted molar refractivity (Wildman–Crippen MR) is 121 cm³/mol. The zero-order valence-electron chi connectivity index (χ0n) is 15.5. The number of rotatable bonds is 6. The Hall–Kier alpha value is -2.40. The molecule has 2 N–H and O–H groups in total. The van der Waals surface area contributed by atoms with Crippen LogP contribution in [0.4, 0.5) is 5.13 Å². The maximum absolute atomic E-state index is 12.7. The number of nitrogens with zero attached hydrogens (tertiary/aromatic N) is 2. The molecule has 148 valence electrons. The van der Waals surface area contributed by atoms with Crippen molar-refractivity contribution in [3.05, 3.63) is 50.5 Å². The monoisotopic (exact) mass is 460 g/mol. The first kappa shape index (κ1) is 19.9. The van der Waals surface area contributed by atoms with Crippen molar-refractivity contribution in [3.8, 4) is 20.5 Å². The highest BCUT2D eigenvalue weighted by Gasteiger charge is 2.18. The van der Waals surface area contributed by atoms with Gasteiger partial charge in [-0.25, -0.2) is 9.97 Å². The number of carbonyl (C=O) groups excluding carboxylic acids is 2. The molecule has 4 rings (SSSR count). The molecule has 0 aliphatic heterocycles. The summed E-state index contributed by atoms with van der Waals surface area (Å²) < 4.78 is 0. The smallest absolute Gasteiger partial charge is 0.269 e. The van der Waals surface area contributed by atoms with Gasteiger partial charge < -0.3 is 5.32 Å². The summed E-state index contributed by atoms with van der Waals surface area (Å²) in [6, 6.07) is 7.92. The third-order valence-corrected chi connectivity index (χ3v) is 7.95. The first-order valence-electron chi connectivity index (χ1n) is 8.61. The maximum atomic E-state index is 12.7. The highest BCUT2D eigenvalue weighted by atomic mass is 32.1. The van der Waals surface area contributed by atoms with Crippen molar-refractivity contribution in [3.63, 3.8) is 0 Å². The van der Waals surface area contributed by atoms with E-state index in [9.17, 15) is 9.59 Å². The van der Waals surface area contributed by atoms with Crippen LogP contribution in [0, 0.1) is 6.92 Å². The molecule has 0 spiro atoms. The van der Waals surface area contributed by atoms with Gasteiger partial charge in [0.2, 0.25) is 5.91 Å². The van der Waals surface area contributed by atoms with E-state index in [2.05, 4.69) is 20.6 Å². The zero-order valence-corrected chi connectivity index (χ0v) is 18.8. The molecule has 6 nitrogen and oxygen atoms in total. The molecule has 0 saturated carbocycles. The average molecular weight is 461 g/mol. The van der Waals surface area contributed by atoms with Gasteiger partial charge in [-0.05, 0) is 30.5 Å². The minimum atomic E-state index is -0.193. The second kappa shape index (κ2) is 8.54. The van der Waals surface area contributed by atoms with E-state index in [1.165, 1.54) is 29.6 Å². The van der Waals surface area contributed by atoms with Gasteiger partial charge in [0.25, 0.3) is 5.91 Å². The number of nitrogens with one attached hydrogen (secondary N) is 2. The molecule has 0 bridgehead atoms. The van der Waals surface area contributed by atoms with Crippen molar-refractivity contribution in [1.82, 2.24) is 15.3 Å². The molecule has 0 radical (unpaired) electrons. The summed E-state index contributed by atoms with van der Waals surface area (Å²) in [6.45, 7) is 3.85. The van der Waals surface area contributed by atoms with Crippen LogP contribution in [0.1, 0.15) is 27.2 Å². The highest BCUT2D eigenvalue weighted by Crippen LogP contribution is 2.33. The molecule has 0 atom stereocenters. The number of thiazole rings is 2. The fourth-order valence-electron chi connectivity index (χ4n) is 2.53. The van der Waals surface area contributed by atoms with Crippen LogP contribution in [0.5, 0.6) is 0 Å². The number of thiophene rings is 2. The lowest BCUT2D eigenvalue weighted by Gasteiger charge is -1.99. The Labute approximate surface area is 183 Å². The minimum Gasteiger partial charge on any atom is -0.351 e. The third kappa shape index (κ3) is 4.61. The van der Waals surface area contributed by atoms with Crippen LogP contribution in [-0.2, 0) is 11.3 Å². The van der Waals surface area contributed by atoms with Gasteiger partial charge in [0.1, 0.15) is 9.88 Å². The minimum absolute atomic E-state index is 0.0563. The van der Waals surface area contributed by atoms with E-state index in [4.69, 9.17) is 0 Å². The molecular formula is C19H16N4O2S4. The molecule has 0 unspecified atom stereocenters. The van der Waals surface area contributed by atoms with E-state index in [1.54, 1.807) is 22.7 Å². The Morgan fingerprint density at radius 2 is 1.93 bits per heavy atom. The zero-order chi connectivity index (χ0) is 20.4. The molecule has 4 aromatic rings. The summed E-state index contributed by atoms with van der Waals surface area (Å²) in [5.74, 6) is -0.250. The van der Waals surface area contributed by atoms with Crippen LogP contribution in [0.25, 0.3) is 20.5 Å². The fraction of sp³-hybridized carbons (Fsp3) is 0.158. The number of aryl methyl sites for hydroxylation is 1. The molecule has 4 aromatic heterocycles. The molecule has 0 aromatic carbocycles. The summed E-state index contributed by atoms with van der Waals surface area (Å²) in [7, 11) is 0. The Bertz CT molecular complexity index is 1160. The molecule has 10 heteroatoms. The van der Waals surface area contributed by atoms with Crippen LogP contribution in [0.2, 0.25) is 0 Å². The SMILES string of the molecule is CC(=O)NCc1ccc(-c2csc(NC(=O)c3sc(-c4cccs4)nc3C)n2)s1. The molecule has 29 heavy (non-hydrogen) atoms. The van der Waals surface area contributed by atoms with Gasteiger partial charge in [0.05, 0.1) is 27.7 Å². The van der Waals surface area contributed by atoms with Gasteiger partial charge >= 0.3 is 0 Å². The largest absolute Gasteiger partial charge is 0.351 e. The summed E-state index contributed by atoms with van der Waals surface area (Å²) in [5, 5.41) is 11.0. The Balaban J connectivity index is 1.45. The number of anilines is 1. The van der Waals surface area contributed by atoms with Crippen LogP contribution in [-0.4, -0.2) is 21.8 Å². The Morgan fingerprint density at radius 1 is 1.07 bits per heavy atom. The van der Waals surface area contributed by atoms with Gasteiger partial charge in [0.15, 0.2) is 5.13 Å². The number of hydrogen-bond acceptors (Lipinski definition) is 8. The molecular weight excluding hydrogens is 445 g/mol. The summed E-state index contributed by atoms with van der Waals surface area (Å²) in [5.41, 5.74) is 1.53. The second-order valence-corrected chi connectivity index (χ2v) is 10.1. The van der Waals surface area contributed by atoms with Crippen molar-refractivity contribution in [2.24, 2.45) is 0 Å². The topological polar surface area (TPSA) is 84.0 Å². The molecule has 0 fully saturated rings. The van der Waals surface area contributed by atoms with Crippen LogP contribution in [0.15, 0.2) is 35.0 Å². The van der Waals surface area contributed by atoms with Crippen LogP contribution in [0.3, 0.4) is 0 Å². The first-order valence-corrected chi connectivity index (χ1v) is 12.0. The number of carbonyl (C=O) groups is 2. The van der Waals surface area contributed by atoms with Gasteiger partial charge in [-0.1, -0.05) is 6.07 Å². The van der Waals surface area contributed by atoms with E-state index < -0.39 is 0 Å². The third-order valence-electron chi connectivity index (χ3n) is 3.89. The Morgan fingerprint density at radius 3 is 2.69 bits per heavy atom. The quantitative estimate of drug-likeness (QED) is 0.411. The van der Waals surface area contributed by atoms with Crippen molar-refractivity contribution in [2.75, 3.05) is 5.32 Å². The van der Waals surface area contributed by atoms with Gasteiger partial charge in [0, 0.05) is 17.2 Å². The lowest BCUT2D eigenvalue weighted by Crippen LogP contribution is -2.17. The van der Waals surface area contributed by atoms with E-state index in [0.29, 0.717) is 22.2 Å². The van der Waals surface area contributed by atoms with Crippen LogP contribution < -0.4 is 10.6 Å². The number of hydrogen-bond donors (Lipinski definition) is 2. The summed E-state index contributed by atoms with van der Waals surface area (Å²) >= 11 is 5.95. The van der Waals surface area contributed by atoms with Gasteiger partial charge in [-0.3, -0.25) is 14.9 Å². The van der Waals surface area contributed by atoms with Crippen LogP contribution >= 0.6 is 45.3 Å². The van der Waals surface area contributed by atoms with Crippen molar-refractivity contribution >= 4 is 62.3 Å². The van der Waals surface area contributed by atoms with E-state index in [0.717, 1.165) is 25.3 Å². The predicted octanol–water partition coefficient (Wildman–Crippen LogP) is 5.25. The van der Waals surface area contributed by atoms with Crippen molar-refractivity contribution in [2.45, 2.75) is 20.4 Å². The fourth-order valence-corrected chi connectivity index (χ4v) is 5.98. The highest BCUT2D eigenvalue weighted by molar-refractivity contribution is 7.22. The first-order chi connectivity index (χ1) is 14.0. The van der Waals surface area contributed by atoms with Gasteiger partial charge in [-0.15, -0.1) is 45.3 Å². The number of amides is 2. The standard InChI is InChI=1S/C19H16N4O2S4/c1-10-16(29-18(21-10)15-4-3-7-26-15)17(25)23-19-22-13(9-27-19)14-6-5-12(28-14)8-20-11(2)24/h3-7,9H,8H2,1-2H3,(H,20,24)(H,22,23,25). The molecule has 0 aliphatic carbocycles.